The second-order valence-corrected chi connectivity index (χ2v) is 7.62. The number of carbonyl (C=O) groups is 1. The van der Waals surface area contributed by atoms with Gasteiger partial charge in [0.2, 0.25) is 0 Å². The van der Waals surface area contributed by atoms with Gasteiger partial charge in [0.05, 0.1) is 29.8 Å². The predicted molar refractivity (Wildman–Crippen MR) is 123 cm³/mol. The monoisotopic (exact) mass is 422 g/mol. The molecule has 32 heavy (non-hydrogen) atoms. The van der Waals surface area contributed by atoms with E-state index in [1.54, 1.807) is 23.1 Å². The van der Waals surface area contributed by atoms with E-state index >= 15 is 0 Å². The smallest absolute Gasteiger partial charge is 0.257 e. The van der Waals surface area contributed by atoms with Crippen molar-refractivity contribution in [3.05, 3.63) is 102 Å². The Kier molecular flexibility index (Phi) is 4.99. The maximum Gasteiger partial charge on any atom is 0.257 e. The van der Waals surface area contributed by atoms with Crippen molar-refractivity contribution >= 4 is 11.6 Å². The summed E-state index contributed by atoms with van der Waals surface area (Å²) in [5.41, 5.74) is 5.76. The first kappa shape index (κ1) is 19.7. The molecule has 1 N–H and O–H groups in total. The minimum absolute atomic E-state index is 0.225. The summed E-state index contributed by atoms with van der Waals surface area (Å²) < 4.78 is 3.58. The quantitative estimate of drug-likeness (QED) is 0.456. The van der Waals surface area contributed by atoms with Crippen LogP contribution in [0, 0.1) is 6.92 Å². The van der Waals surface area contributed by atoms with Gasteiger partial charge in [-0.3, -0.25) is 4.79 Å². The third-order valence-electron chi connectivity index (χ3n) is 5.58. The van der Waals surface area contributed by atoms with Crippen LogP contribution in [0.3, 0.4) is 0 Å². The number of para-hydroxylation sites is 1. The molecule has 0 spiro atoms. The van der Waals surface area contributed by atoms with E-state index in [4.69, 9.17) is 0 Å². The first-order valence-electron chi connectivity index (χ1n) is 10.4. The van der Waals surface area contributed by atoms with Gasteiger partial charge in [0.25, 0.3) is 5.91 Å². The first-order chi connectivity index (χ1) is 15.6. The Morgan fingerprint density at radius 1 is 0.938 bits per heavy atom. The Balaban J connectivity index is 1.42. The molecule has 0 aliphatic heterocycles. The van der Waals surface area contributed by atoms with E-state index < -0.39 is 0 Å². The van der Waals surface area contributed by atoms with Crippen LogP contribution < -0.4 is 5.32 Å². The van der Waals surface area contributed by atoms with E-state index in [2.05, 4.69) is 20.5 Å². The lowest BCUT2D eigenvalue weighted by Gasteiger charge is -2.14. The van der Waals surface area contributed by atoms with Crippen molar-refractivity contribution < 1.29 is 4.79 Å². The van der Waals surface area contributed by atoms with Crippen LogP contribution in [0.25, 0.3) is 22.6 Å². The molecular formula is C25H22N6O. The van der Waals surface area contributed by atoms with Crippen molar-refractivity contribution in [2.75, 3.05) is 0 Å². The fourth-order valence-electron chi connectivity index (χ4n) is 3.91. The van der Waals surface area contributed by atoms with Crippen LogP contribution in [0.4, 0.5) is 0 Å². The van der Waals surface area contributed by atoms with Gasteiger partial charge in [0, 0.05) is 23.0 Å². The molecule has 0 aliphatic carbocycles. The Bertz CT molecular complexity index is 1390. The van der Waals surface area contributed by atoms with E-state index in [1.807, 2.05) is 85.3 Å². The molecule has 0 radical (unpaired) electrons. The number of carbonyl (C=O) groups excluding carboxylic acids is 1. The molecule has 5 rings (SSSR count). The van der Waals surface area contributed by atoms with Gasteiger partial charge < -0.3 is 5.32 Å². The summed E-state index contributed by atoms with van der Waals surface area (Å²) in [5.74, 6) is -0.225. The molecule has 7 heteroatoms. The van der Waals surface area contributed by atoms with Gasteiger partial charge in [-0.15, -0.1) is 0 Å². The minimum atomic E-state index is -0.229. The summed E-state index contributed by atoms with van der Waals surface area (Å²) in [6.07, 6.45) is 5.07. The lowest BCUT2D eigenvalue weighted by molar-refractivity contribution is 0.0941. The minimum Gasteiger partial charge on any atom is -0.345 e. The molecule has 7 nitrogen and oxygen atoms in total. The molecule has 158 valence electrons. The number of aromatic nitrogens is 5. The third kappa shape index (κ3) is 3.43. The molecule has 1 amide bonds. The topological polar surface area (TPSA) is 77.1 Å². The van der Waals surface area contributed by atoms with Gasteiger partial charge in [-0.25, -0.2) is 14.2 Å². The highest BCUT2D eigenvalue weighted by Crippen LogP contribution is 2.23. The highest BCUT2D eigenvalue weighted by Gasteiger charge is 2.21. The van der Waals surface area contributed by atoms with Crippen molar-refractivity contribution in [1.82, 2.24) is 29.7 Å². The number of rotatable bonds is 5. The number of fused-ring (bicyclic) bond motifs is 1. The zero-order valence-electron chi connectivity index (χ0n) is 17.8. The Labute approximate surface area is 185 Å². The van der Waals surface area contributed by atoms with E-state index in [-0.39, 0.29) is 11.9 Å². The lowest BCUT2D eigenvalue weighted by Crippen LogP contribution is -2.27. The second-order valence-electron chi connectivity index (χ2n) is 7.62. The Morgan fingerprint density at radius 3 is 2.41 bits per heavy atom. The molecule has 1 atom stereocenters. The van der Waals surface area contributed by atoms with E-state index in [1.165, 1.54) is 0 Å². The van der Waals surface area contributed by atoms with Crippen molar-refractivity contribution in [3.63, 3.8) is 0 Å². The molecule has 0 fully saturated rings. The molecule has 0 saturated heterocycles. The SMILES string of the molecule is Cc1c(C(C)NC(=O)c2cnn3c(-c4ccccc4)ccnc23)cnn1-c1ccccc1. The molecule has 0 aliphatic rings. The number of benzene rings is 2. The van der Waals surface area contributed by atoms with E-state index in [0.717, 1.165) is 28.2 Å². The number of hydrogen-bond donors (Lipinski definition) is 1. The molecular weight excluding hydrogens is 400 g/mol. The molecule has 0 saturated carbocycles. The Hall–Kier alpha value is -4.26. The van der Waals surface area contributed by atoms with Crippen molar-refractivity contribution in [1.29, 1.82) is 0 Å². The molecule has 2 aromatic carbocycles. The highest BCUT2D eigenvalue weighted by atomic mass is 16.1. The van der Waals surface area contributed by atoms with E-state index in [0.29, 0.717) is 11.2 Å². The van der Waals surface area contributed by atoms with Crippen molar-refractivity contribution in [2.24, 2.45) is 0 Å². The number of nitrogens with zero attached hydrogens (tertiary/aromatic N) is 5. The first-order valence-corrected chi connectivity index (χ1v) is 10.4. The van der Waals surface area contributed by atoms with Gasteiger partial charge >= 0.3 is 0 Å². The van der Waals surface area contributed by atoms with Gasteiger partial charge in [-0.2, -0.15) is 10.2 Å². The average Bonchev–Trinajstić information content (AvgIpc) is 3.44. The van der Waals surface area contributed by atoms with Crippen molar-refractivity contribution in [2.45, 2.75) is 19.9 Å². The second kappa shape index (κ2) is 8.11. The maximum atomic E-state index is 13.1. The van der Waals surface area contributed by atoms with Crippen LogP contribution >= 0.6 is 0 Å². The largest absolute Gasteiger partial charge is 0.345 e. The lowest BCUT2D eigenvalue weighted by atomic mass is 10.1. The molecule has 5 aromatic rings. The van der Waals surface area contributed by atoms with Crippen LogP contribution in [-0.4, -0.2) is 30.3 Å². The van der Waals surface area contributed by atoms with Crippen LogP contribution in [-0.2, 0) is 0 Å². The van der Waals surface area contributed by atoms with Crippen molar-refractivity contribution in [3.8, 4) is 16.9 Å². The molecule has 1 unspecified atom stereocenters. The fraction of sp³-hybridized carbons (Fsp3) is 0.120. The standard InChI is InChI=1S/C25H22N6O/c1-17(21-15-27-30(18(21)2)20-11-7-4-8-12-20)29-25(32)22-16-28-31-23(13-14-26-24(22)31)19-9-5-3-6-10-19/h3-17H,1-2H3,(H,29,32). The fourth-order valence-corrected chi connectivity index (χ4v) is 3.91. The van der Waals surface area contributed by atoms with Crippen LogP contribution in [0.5, 0.6) is 0 Å². The normalized spacial score (nSPS) is 12.1. The van der Waals surface area contributed by atoms with Crippen LogP contribution in [0.15, 0.2) is 85.3 Å². The number of nitrogens with one attached hydrogen (secondary N) is 1. The Morgan fingerprint density at radius 2 is 1.66 bits per heavy atom. The summed E-state index contributed by atoms with van der Waals surface area (Å²) >= 11 is 0. The number of amides is 1. The summed E-state index contributed by atoms with van der Waals surface area (Å²) in [7, 11) is 0. The highest BCUT2D eigenvalue weighted by molar-refractivity contribution is 6.00. The molecule has 0 bridgehead atoms. The zero-order chi connectivity index (χ0) is 22.1. The summed E-state index contributed by atoms with van der Waals surface area (Å²) in [4.78, 5) is 17.5. The summed E-state index contributed by atoms with van der Waals surface area (Å²) in [5, 5.41) is 12.0. The van der Waals surface area contributed by atoms with Crippen LogP contribution in [0.2, 0.25) is 0 Å². The summed E-state index contributed by atoms with van der Waals surface area (Å²) in [6, 6.07) is 21.5. The van der Waals surface area contributed by atoms with Crippen LogP contribution in [0.1, 0.15) is 34.6 Å². The zero-order valence-corrected chi connectivity index (χ0v) is 17.8. The predicted octanol–water partition coefficient (Wildman–Crippen LogP) is 4.38. The molecule has 3 aromatic heterocycles. The third-order valence-corrected chi connectivity index (χ3v) is 5.58. The van der Waals surface area contributed by atoms with Gasteiger partial charge in [-0.05, 0) is 32.0 Å². The average molecular weight is 422 g/mol. The summed E-state index contributed by atoms with van der Waals surface area (Å²) in [6.45, 7) is 3.95. The van der Waals surface area contributed by atoms with E-state index in [9.17, 15) is 4.79 Å². The maximum absolute atomic E-state index is 13.1. The molecule has 3 heterocycles. The van der Waals surface area contributed by atoms with Gasteiger partial charge in [0.15, 0.2) is 5.65 Å². The van der Waals surface area contributed by atoms with Gasteiger partial charge in [0.1, 0.15) is 5.56 Å². The van der Waals surface area contributed by atoms with Gasteiger partial charge in [-0.1, -0.05) is 48.5 Å². The number of hydrogen-bond acceptors (Lipinski definition) is 4.